The van der Waals surface area contributed by atoms with Crippen LogP contribution in [0.5, 0.6) is 0 Å². The number of nitrogens with one attached hydrogen (secondary N) is 1. The molecule has 1 saturated carbocycles. The van der Waals surface area contributed by atoms with Crippen LogP contribution in [0.1, 0.15) is 47.0 Å². The van der Waals surface area contributed by atoms with Gasteiger partial charge in [0.15, 0.2) is 0 Å². The molecule has 20 heavy (non-hydrogen) atoms. The van der Waals surface area contributed by atoms with Crippen molar-refractivity contribution >= 4 is 0 Å². The molecule has 2 aliphatic rings. The van der Waals surface area contributed by atoms with E-state index in [2.05, 4.69) is 49.9 Å². The number of hydrogen-bond acceptors (Lipinski definition) is 3. The Morgan fingerprint density at radius 3 is 2.05 bits per heavy atom. The zero-order chi connectivity index (χ0) is 14.8. The molecule has 0 aromatic carbocycles. The SMILES string of the molecule is CN1CCN(CCNC2CC(C)(C)CC(C)(C)C2)CC1. The molecule has 0 unspecified atom stereocenters. The fraction of sp³-hybridized carbons (Fsp3) is 1.00. The molecule has 3 nitrogen and oxygen atoms in total. The number of nitrogens with zero attached hydrogens (tertiary/aromatic N) is 2. The molecule has 1 saturated heterocycles. The first kappa shape index (κ1) is 16.3. The molecule has 2 rings (SSSR count). The number of likely N-dealkylation sites (N-methyl/N-ethyl adjacent to an activating group) is 1. The van der Waals surface area contributed by atoms with Gasteiger partial charge in [0.1, 0.15) is 0 Å². The van der Waals surface area contributed by atoms with Crippen molar-refractivity contribution < 1.29 is 0 Å². The van der Waals surface area contributed by atoms with Crippen LogP contribution in [-0.2, 0) is 0 Å². The fourth-order valence-electron chi connectivity index (χ4n) is 4.49. The molecule has 0 aromatic heterocycles. The van der Waals surface area contributed by atoms with E-state index in [1.807, 2.05) is 0 Å². The van der Waals surface area contributed by atoms with Crippen molar-refractivity contribution in [3.05, 3.63) is 0 Å². The first-order chi connectivity index (χ1) is 9.26. The molecule has 1 heterocycles. The van der Waals surface area contributed by atoms with Crippen molar-refractivity contribution in [3.8, 4) is 0 Å². The van der Waals surface area contributed by atoms with Crippen LogP contribution in [-0.4, -0.2) is 62.2 Å². The summed E-state index contributed by atoms with van der Waals surface area (Å²) in [6.07, 6.45) is 4.02. The largest absolute Gasteiger partial charge is 0.313 e. The second-order valence-corrected chi connectivity index (χ2v) is 8.71. The molecule has 2 fully saturated rings. The number of piperazine rings is 1. The van der Waals surface area contributed by atoms with E-state index in [9.17, 15) is 0 Å². The van der Waals surface area contributed by atoms with Gasteiger partial charge in [-0.3, -0.25) is 4.90 Å². The lowest BCUT2D eigenvalue weighted by atomic mass is 9.63. The molecule has 118 valence electrons. The quantitative estimate of drug-likeness (QED) is 0.854. The Balaban J connectivity index is 1.71. The molecule has 1 N–H and O–H groups in total. The smallest absolute Gasteiger partial charge is 0.0110 e. The predicted octanol–water partition coefficient (Wildman–Crippen LogP) is 2.43. The van der Waals surface area contributed by atoms with Gasteiger partial charge in [0.25, 0.3) is 0 Å². The third-order valence-corrected chi connectivity index (χ3v) is 5.01. The Hall–Kier alpha value is -0.120. The summed E-state index contributed by atoms with van der Waals surface area (Å²) < 4.78 is 0. The van der Waals surface area contributed by atoms with Crippen LogP contribution in [0.2, 0.25) is 0 Å². The summed E-state index contributed by atoms with van der Waals surface area (Å²) in [6.45, 7) is 17.0. The Morgan fingerprint density at radius 2 is 1.50 bits per heavy atom. The predicted molar refractivity (Wildman–Crippen MR) is 87.1 cm³/mol. The molecule has 1 aliphatic heterocycles. The molecule has 1 aliphatic carbocycles. The van der Waals surface area contributed by atoms with Gasteiger partial charge < -0.3 is 10.2 Å². The average Bonchev–Trinajstić information content (AvgIpc) is 2.27. The lowest BCUT2D eigenvalue weighted by Gasteiger charge is -2.45. The molecular weight excluding hydrogens is 246 g/mol. The maximum absolute atomic E-state index is 3.84. The molecule has 0 aromatic rings. The van der Waals surface area contributed by atoms with Crippen molar-refractivity contribution in [1.82, 2.24) is 15.1 Å². The van der Waals surface area contributed by atoms with Gasteiger partial charge in [0, 0.05) is 45.3 Å². The standard InChI is InChI=1S/C17H35N3/c1-16(2)12-15(13-17(3,4)14-16)18-6-7-20-10-8-19(5)9-11-20/h15,18H,6-14H2,1-5H3. The zero-order valence-corrected chi connectivity index (χ0v) is 14.3. The third-order valence-electron chi connectivity index (χ3n) is 5.01. The van der Waals surface area contributed by atoms with Crippen LogP contribution in [0, 0.1) is 10.8 Å². The normalized spacial score (nSPS) is 28.6. The highest BCUT2D eigenvalue weighted by atomic mass is 15.2. The molecule has 0 radical (unpaired) electrons. The second-order valence-electron chi connectivity index (χ2n) is 8.71. The van der Waals surface area contributed by atoms with Crippen LogP contribution in [0.15, 0.2) is 0 Å². The summed E-state index contributed by atoms with van der Waals surface area (Å²) in [4.78, 5) is 5.03. The zero-order valence-electron chi connectivity index (χ0n) is 14.3. The summed E-state index contributed by atoms with van der Waals surface area (Å²) in [5, 5.41) is 3.84. The average molecular weight is 281 g/mol. The summed E-state index contributed by atoms with van der Waals surface area (Å²) in [5.74, 6) is 0. The van der Waals surface area contributed by atoms with Gasteiger partial charge in [0.2, 0.25) is 0 Å². The van der Waals surface area contributed by atoms with E-state index >= 15 is 0 Å². The van der Waals surface area contributed by atoms with E-state index < -0.39 is 0 Å². The van der Waals surface area contributed by atoms with Crippen LogP contribution in [0.25, 0.3) is 0 Å². The van der Waals surface area contributed by atoms with Gasteiger partial charge >= 0.3 is 0 Å². The van der Waals surface area contributed by atoms with E-state index in [0.29, 0.717) is 16.9 Å². The molecule has 0 amide bonds. The Morgan fingerprint density at radius 1 is 0.950 bits per heavy atom. The number of rotatable bonds is 4. The van der Waals surface area contributed by atoms with Crippen molar-refractivity contribution in [2.24, 2.45) is 10.8 Å². The minimum atomic E-state index is 0.493. The summed E-state index contributed by atoms with van der Waals surface area (Å²) in [7, 11) is 2.22. The summed E-state index contributed by atoms with van der Waals surface area (Å²) in [6, 6.07) is 0.709. The van der Waals surface area contributed by atoms with Gasteiger partial charge in [0.05, 0.1) is 0 Å². The van der Waals surface area contributed by atoms with Crippen LogP contribution in [0.3, 0.4) is 0 Å². The van der Waals surface area contributed by atoms with Crippen molar-refractivity contribution in [2.45, 2.75) is 53.0 Å². The number of hydrogen-bond donors (Lipinski definition) is 1. The van der Waals surface area contributed by atoms with Crippen molar-refractivity contribution in [2.75, 3.05) is 46.3 Å². The highest BCUT2D eigenvalue weighted by Gasteiger charge is 2.38. The second kappa shape index (κ2) is 6.33. The van der Waals surface area contributed by atoms with Gasteiger partial charge in [-0.1, -0.05) is 27.7 Å². The monoisotopic (exact) mass is 281 g/mol. The lowest BCUT2D eigenvalue weighted by Crippen LogP contribution is -2.49. The maximum atomic E-state index is 3.84. The third kappa shape index (κ3) is 5.01. The van der Waals surface area contributed by atoms with Crippen molar-refractivity contribution in [1.29, 1.82) is 0 Å². The Kier molecular flexibility index (Phi) is 5.14. The highest BCUT2D eigenvalue weighted by Crippen LogP contribution is 2.45. The lowest BCUT2D eigenvalue weighted by molar-refractivity contribution is 0.0822. The van der Waals surface area contributed by atoms with Gasteiger partial charge in [-0.25, -0.2) is 0 Å². The van der Waals surface area contributed by atoms with Gasteiger partial charge in [-0.15, -0.1) is 0 Å². The fourth-order valence-corrected chi connectivity index (χ4v) is 4.49. The first-order valence-corrected chi connectivity index (χ1v) is 8.40. The van der Waals surface area contributed by atoms with Crippen molar-refractivity contribution in [3.63, 3.8) is 0 Å². The van der Waals surface area contributed by atoms with E-state index in [1.165, 1.54) is 52.0 Å². The summed E-state index contributed by atoms with van der Waals surface area (Å²) in [5.41, 5.74) is 0.987. The van der Waals surface area contributed by atoms with Crippen LogP contribution in [0.4, 0.5) is 0 Å². The summed E-state index contributed by atoms with van der Waals surface area (Å²) >= 11 is 0. The minimum absolute atomic E-state index is 0.493. The molecule has 0 bridgehead atoms. The molecule has 3 heteroatoms. The molecular formula is C17H35N3. The molecule has 0 spiro atoms. The van der Waals surface area contributed by atoms with Gasteiger partial charge in [-0.2, -0.15) is 0 Å². The highest BCUT2D eigenvalue weighted by molar-refractivity contribution is 4.92. The van der Waals surface area contributed by atoms with Crippen LogP contribution < -0.4 is 5.32 Å². The first-order valence-electron chi connectivity index (χ1n) is 8.40. The Labute approximate surface area is 126 Å². The minimum Gasteiger partial charge on any atom is -0.313 e. The van der Waals surface area contributed by atoms with E-state index in [-0.39, 0.29) is 0 Å². The van der Waals surface area contributed by atoms with E-state index in [0.717, 1.165) is 6.54 Å². The van der Waals surface area contributed by atoms with Gasteiger partial charge in [-0.05, 0) is 37.1 Å². The molecule has 0 atom stereocenters. The topological polar surface area (TPSA) is 18.5 Å². The Bertz CT molecular complexity index is 287. The van der Waals surface area contributed by atoms with Crippen LogP contribution >= 0.6 is 0 Å². The maximum Gasteiger partial charge on any atom is 0.0110 e. The van der Waals surface area contributed by atoms with E-state index in [1.54, 1.807) is 0 Å². The van der Waals surface area contributed by atoms with E-state index in [4.69, 9.17) is 0 Å².